The summed E-state index contributed by atoms with van der Waals surface area (Å²) in [6, 6.07) is 6.43. The van der Waals surface area contributed by atoms with Crippen molar-refractivity contribution in [2.75, 3.05) is 20.3 Å². The molecule has 0 aliphatic carbocycles. The fourth-order valence-electron chi connectivity index (χ4n) is 2.23. The topological polar surface area (TPSA) is 82.1 Å². The number of ketones is 1. The third kappa shape index (κ3) is 3.26. The predicted octanol–water partition coefficient (Wildman–Crippen LogP) is 3.12. The summed E-state index contributed by atoms with van der Waals surface area (Å²) in [6.07, 6.45) is 3.02. The van der Waals surface area contributed by atoms with Gasteiger partial charge >= 0.3 is 5.97 Å². The van der Waals surface area contributed by atoms with Gasteiger partial charge in [0.05, 0.1) is 12.0 Å². The zero-order valence-electron chi connectivity index (χ0n) is 12.8. The van der Waals surface area contributed by atoms with E-state index in [-0.39, 0.29) is 10.7 Å². The molecule has 24 heavy (non-hydrogen) atoms. The van der Waals surface area contributed by atoms with Crippen molar-refractivity contribution in [2.45, 2.75) is 0 Å². The van der Waals surface area contributed by atoms with E-state index >= 15 is 0 Å². The molecule has 0 saturated carbocycles. The molecular formula is C17H14O6S. The average molecular weight is 346 g/mol. The number of rotatable bonds is 5. The number of fused-ring (bicyclic) bond motifs is 1. The van der Waals surface area contributed by atoms with E-state index in [2.05, 4.69) is 0 Å². The Balaban J connectivity index is 1.83. The van der Waals surface area contributed by atoms with Crippen molar-refractivity contribution >= 4 is 29.2 Å². The molecule has 0 amide bonds. The largest absolute Gasteiger partial charge is 0.493 e. The van der Waals surface area contributed by atoms with Gasteiger partial charge in [0, 0.05) is 0 Å². The van der Waals surface area contributed by atoms with Crippen molar-refractivity contribution in [3.8, 4) is 17.2 Å². The fourth-order valence-corrected chi connectivity index (χ4v) is 2.99. The first-order valence-corrected chi connectivity index (χ1v) is 7.93. The highest BCUT2D eigenvalue weighted by atomic mass is 32.1. The van der Waals surface area contributed by atoms with Crippen molar-refractivity contribution in [1.29, 1.82) is 0 Å². The summed E-state index contributed by atoms with van der Waals surface area (Å²) >= 11 is 0.945. The van der Waals surface area contributed by atoms with E-state index in [1.807, 2.05) is 0 Å². The standard InChI is InChI=1S/C17H14O6S/c1-21-12-8-10(9-13-16(12)23-7-6-22-13)2-3-11(18)14-4-5-15(24-14)17(19)20/h2-5,8-9H,6-7H2,1H3,(H,19,20)/b3-2+. The summed E-state index contributed by atoms with van der Waals surface area (Å²) in [4.78, 5) is 23.5. The van der Waals surface area contributed by atoms with E-state index < -0.39 is 5.97 Å². The predicted molar refractivity (Wildman–Crippen MR) is 88.6 cm³/mol. The van der Waals surface area contributed by atoms with E-state index in [0.29, 0.717) is 35.3 Å². The Labute approximate surface area is 141 Å². The number of thiophene rings is 1. The second-order valence-electron chi connectivity index (χ2n) is 4.91. The van der Waals surface area contributed by atoms with Gasteiger partial charge in [0.25, 0.3) is 0 Å². The summed E-state index contributed by atoms with van der Waals surface area (Å²) in [5.41, 5.74) is 0.722. The molecule has 0 bridgehead atoms. The highest BCUT2D eigenvalue weighted by Crippen LogP contribution is 2.40. The minimum atomic E-state index is -1.04. The number of carbonyl (C=O) groups is 2. The molecule has 124 valence electrons. The van der Waals surface area contributed by atoms with Crippen molar-refractivity contribution in [1.82, 2.24) is 0 Å². The maximum atomic E-state index is 12.1. The Morgan fingerprint density at radius 2 is 1.96 bits per heavy atom. The minimum absolute atomic E-state index is 0.132. The van der Waals surface area contributed by atoms with Crippen LogP contribution in [-0.2, 0) is 0 Å². The van der Waals surface area contributed by atoms with Gasteiger partial charge in [-0.1, -0.05) is 6.08 Å². The molecule has 0 unspecified atom stereocenters. The van der Waals surface area contributed by atoms with Gasteiger partial charge in [-0.05, 0) is 35.9 Å². The van der Waals surface area contributed by atoms with Crippen LogP contribution < -0.4 is 14.2 Å². The maximum absolute atomic E-state index is 12.1. The van der Waals surface area contributed by atoms with Gasteiger partial charge < -0.3 is 19.3 Å². The molecule has 1 aliphatic rings. The van der Waals surface area contributed by atoms with Crippen LogP contribution in [0.5, 0.6) is 17.2 Å². The van der Waals surface area contributed by atoms with Crippen LogP contribution >= 0.6 is 11.3 Å². The molecule has 2 heterocycles. The number of hydrogen-bond donors (Lipinski definition) is 1. The van der Waals surface area contributed by atoms with E-state index in [1.165, 1.54) is 25.3 Å². The highest BCUT2D eigenvalue weighted by molar-refractivity contribution is 7.16. The molecule has 2 aromatic rings. The number of aromatic carboxylic acids is 1. The maximum Gasteiger partial charge on any atom is 0.345 e. The molecule has 3 rings (SSSR count). The van der Waals surface area contributed by atoms with Gasteiger partial charge in [-0.2, -0.15) is 0 Å². The Morgan fingerprint density at radius 3 is 2.67 bits per heavy atom. The number of benzene rings is 1. The van der Waals surface area contributed by atoms with Crippen LogP contribution in [0.25, 0.3) is 6.08 Å². The van der Waals surface area contributed by atoms with Gasteiger partial charge in [0.1, 0.15) is 18.1 Å². The zero-order chi connectivity index (χ0) is 17.1. The van der Waals surface area contributed by atoms with E-state index in [9.17, 15) is 9.59 Å². The second kappa shape index (κ2) is 6.76. The van der Waals surface area contributed by atoms with E-state index in [1.54, 1.807) is 18.2 Å². The smallest absolute Gasteiger partial charge is 0.345 e. The Hall–Kier alpha value is -2.80. The highest BCUT2D eigenvalue weighted by Gasteiger charge is 2.18. The molecule has 0 atom stereocenters. The van der Waals surface area contributed by atoms with Gasteiger partial charge in [-0.15, -0.1) is 11.3 Å². The average Bonchev–Trinajstić information content (AvgIpc) is 3.09. The SMILES string of the molecule is COc1cc(/C=C/C(=O)c2ccc(C(=O)O)s2)cc2c1OCCO2. The Morgan fingerprint density at radius 1 is 1.21 bits per heavy atom. The van der Waals surface area contributed by atoms with Crippen molar-refractivity contribution in [2.24, 2.45) is 0 Å². The third-order valence-corrected chi connectivity index (χ3v) is 4.42. The number of allylic oxidation sites excluding steroid dienone is 1. The number of hydrogen-bond acceptors (Lipinski definition) is 6. The lowest BCUT2D eigenvalue weighted by atomic mass is 10.1. The summed E-state index contributed by atoms with van der Waals surface area (Å²) in [5.74, 6) is 0.345. The summed E-state index contributed by atoms with van der Waals surface area (Å²) in [6.45, 7) is 0.913. The first-order chi connectivity index (χ1) is 11.6. The number of ether oxygens (including phenoxy) is 3. The fraction of sp³-hybridized carbons (Fsp3) is 0.176. The Kier molecular flexibility index (Phi) is 4.52. The van der Waals surface area contributed by atoms with Crippen LogP contribution in [0.1, 0.15) is 24.9 Å². The number of carbonyl (C=O) groups excluding carboxylic acids is 1. The van der Waals surface area contributed by atoms with Gasteiger partial charge in [-0.25, -0.2) is 4.79 Å². The zero-order valence-corrected chi connectivity index (χ0v) is 13.6. The number of carboxylic acid groups (broad SMARTS) is 1. The summed E-state index contributed by atoms with van der Waals surface area (Å²) in [5, 5.41) is 8.90. The van der Waals surface area contributed by atoms with Crippen LogP contribution in [0.15, 0.2) is 30.3 Å². The van der Waals surface area contributed by atoms with Gasteiger partial charge in [0.15, 0.2) is 17.3 Å². The molecule has 0 saturated heterocycles. The van der Waals surface area contributed by atoms with E-state index in [4.69, 9.17) is 19.3 Å². The molecule has 1 aliphatic heterocycles. The summed E-state index contributed by atoms with van der Waals surface area (Å²) in [7, 11) is 1.53. The second-order valence-corrected chi connectivity index (χ2v) is 6.00. The van der Waals surface area contributed by atoms with Crippen molar-refractivity contribution < 1.29 is 28.9 Å². The van der Waals surface area contributed by atoms with Crippen LogP contribution in [0.4, 0.5) is 0 Å². The van der Waals surface area contributed by atoms with Crippen LogP contribution in [0, 0.1) is 0 Å². The summed E-state index contributed by atoms with van der Waals surface area (Å²) < 4.78 is 16.4. The Bertz CT molecular complexity index is 803. The number of carboxylic acids is 1. The van der Waals surface area contributed by atoms with Crippen molar-refractivity contribution in [3.05, 3.63) is 45.7 Å². The monoisotopic (exact) mass is 346 g/mol. The molecule has 1 aromatic heterocycles. The van der Waals surface area contributed by atoms with Crippen LogP contribution in [0.3, 0.4) is 0 Å². The van der Waals surface area contributed by atoms with Crippen LogP contribution in [-0.4, -0.2) is 37.2 Å². The molecule has 1 N–H and O–H groups in total. The third-order valence-electron chi connectivity index (χ3n) is 3.34. The first kappa shape index (κ1) is 16.1. The van der Waals surface area contributed by atoms with E-state index in [0.717, 1.165) is 16.9 Å². The molecule has 0 radical (unpaired) electrons. The molecule has 0 spiro atoms. The molecule has 6 nitrogen and oxygen atoms in total. The molecular weight excluding hydrogens is 332 g/mol. The first-order valence-electron chi connectivity index (χ1n) is 7.11. The number of methoxy groups -OCH3 is 1. The molecule has 0 fully saturated rings. The molecule has 7 heteroatoms. The quantitative estimate of drug-likeness (QED) is 0.662. The molecule has 1 aromatic carbocycles. The lowest BCUT2D eigenvalue weighted by Gasteiger charge is -2.20. The van der Waals surface area contributed by atoms with Gasteiger partial charge in [0.2, 0.25) is 5.75 Å². The normalized spacial score (nSPS) is 13.0. The van der Waals surface area contributed by atoms with Gasteiger partial charge in [-0.3, -0.25) is 4.79 Å². The minimum Gasteiger partial charge on any atom is -0.493 e. The van der Waals surface area contributed by atoms with Crippen LogP contribution in [0.2, 0.25) is 0 Å². The lowest BCUT2D eigenvalue weighted by Crippen LogP contribution is -2.16. The van der Waals surface area contributed by atoms with Crippen molar-refractivity contribution in [3.63, 3.8) is 0 Å². The lowest BCUT2D eigenvalue weighted by molar-refractivity contribution is 0.0702.